The Bertz CT molecular complexity index is 478. The molecule has 21 heavy (non-hydrogen) atoms. The summed E-state index contributed by atoms with van der Waals surface area (Å²) < 4.78 is 13.5. The van der Waals surface area contributed by atoms with Crippen LogP contribution >= 0.6 is 0 Å². The van der Waals surface area contributed by atoms with Gasteiger partial charge in [0.25, 0.3) is 0 Å². The monoisotopic (exact) mass is 293 g/mol. The van der Waals surface area contributed by atoms with E-state index < -0.39 is 5.97 Å². The molecule has 0 spiro atoms. The van der Waals surface area contributed by atoms with Crippen LogP contribution in [0.1, 0.15) is 57.1 Å². The second kappa shape index (κ2) is 7.55. The van der Waals surface area contributed by atoms with Gasteiger partial charge in [0.05, 0.1) is 0 Å². The first-order chi connectivity index (χ1) is 10.1. The third kappa shape index (κ3) is 4.27. The Hall–Kier alpha value is -1.42. The average Bonchev–Trinajstić information content (AvgIpc) is 2.47. The number of halogens is 1. The van der Waals surface area contributed by atoms with Gasteiger partial charge in [-0.1, -0.05) is 25.5 Å². The SMILES string of the molecule is CCC(c1cccc(F)c1)N1CCCCC1CCC(=O)O. The van der Waals surface area contributed by atoms with Crippen molar-refractivity contribution in [2.75, 3.05) is 6.54 Å². The maximum absolute atomic E-state index is 13.5. The summed E-state index contributed by atoms with van der Waals surface area (Å²) in [5.41, 5.74) is 1.000. The molecule has 1 aromatic carbocycles. The smallest absolute Gasteiger partial charge is 0.303 e. The second-order valence-corrected chi connectivity index (χ2v) is 5.80. The van der Waals surface area contributed by atoms with Crippen LogP contribution in [0.5, 0.6) is 0 Å². The molecule has 0 saturated carbocycles. The number of rotatable bonds is 6. The lowest BCUT2D eigenvalue weighted by Crippen LogP contribution is -2.42. The maximum atomic E-state index is 13.5. The third-order valence-corrected chi connectivity index (χ3v) is 4.38. The molecule has 116 valence electrons. The Morgan fingerprint density at radius 1 is 1.48 bits per heavy atom. The number of carboxylic acid groups (broad SMARTS) is 1. The van der Waals surface area contributed by atoms with Crippen molar-refractivity contribution in [3.8, 4) is 0 Å². The van der Waals surface area contributed by atoms with Crippen LogP contribution in [0.15, 0.2) is 24.3 Å². The fourth-order valence-electron chi connectivity index (χ4n) is 3.41. The van der Waals surface area contributed by atoms with Gasteiger partial charge in [0.1, 0.15) is 5.82 Å². The lowest BCUT2D eigenvalue weighted by atomic mass is 9.92. The van der Waals surface area contributed by atoms with E-state index in [0.29, 0.717) is 12.5 Å². The summed E-state index contributed by atoms with van der Waals surface area (Å²) >= 11 is 0. The lowest BCUT2D eigenvalue weighted by molar-refractivity contribution is -0.137. The van der Waals surface area contributed by atoms with Crippen molar-refractivity contribution in [1.82, 2.24) is 4.90 Å². The first-order valence-electron chi connectivity index (χ1n) is 7.84. The molecule has 0 bridgehead atoms. The quantitative estimate of drug-likeness (QED) is 0.862. The summed E-state index contributed by atoms with van der Waals surface area (Å²) in [5.74, 6) is -0.940. The summed E-state index contributed by atoms with van der Waals surface area (Å²) in [6.45, 7) is 3.08. The zero-order valence-electron chi connectivity index (χ0n) is 12.6. The molecule has 0 amide bonds. The highest BCUT2D eigenvalue weighted by atomic mass is 19.1. The molecule has 1 saturated heterocycles. The highest BCUT2D eigenvalue weighted by Gasteiger charge is 2.29. The van der Waals surface area contributed by atoms with Gasteiger partial charge >= 0.3 is 5.97 Å². The number of piperidine rings is 1. The number of nitrogens with zero attached hydrogens (tertiary/aromatic N) is 1. The number of hydrogen-bond acceptors (Lipinski definition) is 2. The van der Waals surface area contributed by atoms with Crippen molar-refractivity contribution in [1.29, 1.82) is 0 Å². The van der Waals surface area contributed by atoms with Crippen LogP contribution in [0.4, 0.5) is 4.39 Å². The van der Waals surface area contributed by atoms with Crippen LogP contribution in [0.2, 0.25) is 0 Å². The molecule has 4 heteroatoms. The number of carbonyl (C=O) groups is 1. The molecule has 0 radical (unpaired) electrons. The minimum Gasteiger partial charge on any atom is -0.481 e. The maximum Gasteiger partial charge on any atom is 0.303 e. The topological polar surface area (TPSA) is 40.5 Å². The van der Waals surface area contributed by atoms with Crippen molar-refractivity contribution < 1.29 is 14.3 Å². The fraction of sp³-hybridized carbons (Fsp3) is 0.588. The number of hydrogen-bond donors (Lipinski definition) is 1. The predicted molar refractivity (Wildman–Crippen MR) is 80.6 cm³/mol. The molecule has 1 aliphatic rings. The van der Waals surface area contributed by atoms with Gasteiger partial charge in [-0.2, -0.15) is 0 Å². The van der Waals surface area contributed by atoms with E-state index >= 15 is 0 Å². The Balaban J connectivity index is 2.15. The molecule has 2 unspecified atom stereocenters. The first-order valence-corrected chi connectivity index (χ1v) is 7.84. The van der Waals surface area contributed by atoms with Gasteiger partial charge in [-0.05, 0) is 49.9 Å². The van der Waals surface area contributed by atoms with E-state index in [0.717, 1.165) is 37.8 Å². The summed E-state index contributed by atoms with van der Waals surface area (Å²) in [6, 6.07) is 7.28. The second-order valence-electron chi connectivity index (χ2n) is 5.80. The molecule has 2 atom stereocenters. The number of likely N-dealkylation sites (tertiary alicyclic amines) is 1. The predicted octanol–water partition coefficient (Wildman–Crippen LogP) is 4.00. The van der Waals surface area contributed by atoms with Gasteiger partial charge in [0.2, 0.25) is 0 Å². The average molecular weight is 293 g/mol. The molecule has 3 nitrogen and oxygen atoms in total. The molecule has 1 fully saturated rings. The van der Waals surface area contributed by atoms with Crippen molar-refractivity contribution >= 4 is 5.97 Å². The summed E-state index contributed by atoms with van der Waals surface area (Å²) in [6.07, 6.45) is 5.13. The molecule has 1 N–H and O–H groups in total. The van der Waals surface area contributed by atoms with Crippen molar-refractivity contribution in [2.45, 2.75) is 57.5 Å². The minimum atomic E-state index is -0.737. The van der Waals surface area contributed by atoms with Crippen LogP contribution in [0.3, 0.4) is 0 Å². The molecular weight excluding hydrogens is 269 g/mol. The third-order valence-electron chi connectivity index (χ3n) is 4.38. The number of carboxylic acids is 1. The Morgan fingerprint density at radius 2 is 2.29 bits per heavy atom. The van der Waals surface area contributed by atoms with Crippen molar-refractivity contribution in [2.24, 2.45) is 0 Å². The number of benzene rings is 1. The van der Waals surface area contributed by atoms with Crippen LogP contribution < -0.4 is 0 Å². The van der Waals surface area contributed by atoms with Gasteiger partial charge in [0, 0.05) is 18.5 Å². The minimum absolute atomic E-state index is 0.180. The molecule has 0 aliphatic carbocycles. The van der Waals surface area contributed by atoms with Gasteiger partial charge in [-0.25, -0.2) is 4.39 Å². The highest BCUT2D eigenvalue weighted by molar-refractivity contribution is 5.66. The highest BCUT2D eigenvalue weighted by Crippen LogP contribution is 2.32. The van der Waals surface area contributed by atoms with Crippen LogP contribution in [-0.4, -0.2) is 28.6 Å². The summed E-state index contributed by atoms with van der Waals surface area (Å²) in [4.78, 5) is 13.2. The van der Waals surface area contributed by atoms with E-state index in [4.69, 9.17) is 5.11 Å². The number of aliphatic carboxylic acids is 1. The zero-order chi connectivity index (χ0) is 15.2. The standard InChI is InChI=1S/C17H24FNO2/c1-2-16(13-6-5-7-14(18)12-13)19-11-4-3-8-15(19)9-10-17(20)21/h5-7,12,15-16H,2-4,8-11H2,1H3,(H,20,21). The van der Waals surface area contributed by atoms with Crippen molar-refractivity contribution in [3.63, 3.8) is 0 Å². The van der Waals surface area contributed by atoms with Crippen LogP contribution in [0, 0.1) is 5.82 Å². The molecular formula is C17H24FNO2. The van der Waals surface area contributed by atoms with E-state index in [1.807, 2.05) is 6.07 Å². The van der Waals surface area contributed by atoms with E-state index in [-0.39, 0.29) is 18.3 Å². The van der Waals surface area contributed by atoms with Crippen LogP contribution in [0.25, 0.3) is 0 Å². The largest absolute Gasteiger partial charge is 0.481 e. The van der Waals surface area contributed by atoms with E-state index in [2.05, 4.69) is 11.8 Å². The summed E-state index contributed by atoms with van der Waals surface area (Å²) in [5, 5.41) is 8.91. The lowest BCUT2D eigenvalue weighted by Gasteiger charge is -2.41. The Kier molecular flexibility index (Phi) is 5.74. The van der Waals surface area contributed by atoms with E-state index in [1.165, 1.54) is 6.07 Å². The fourth-order valence-corrected chi connectivity index (χ4v) is 3.41. The zero-order valence-corrected chi connectivity index (χ0v) is 12.6. The van der Waals surface area contributed by atoms with Crippen molar-refractivity contribution in [3.05, 3.63) is 35.6 Å². The van der Waals surface area contributed by atoms with Gasteiger partial charge in [0.15, 0.2) is 0 Å². The Labute approximate surface area is 125 Å². The van der Waals surface area contributed by atoms with Crippen LogP contribution in [-0.2, 0) is 4.79 Å². The first kappa shape index (κ1) is 16.0. The van der Waals surface area contributed by atoms with E-state index in [9.17, 15) is 9.18 Å². The molecule has 2 rings (SSSR count). The molecule has 1 heterocycles. The van der Waals surface area contributed by atoms with Gasteiger partial charge in [-0.15, -0.1) is 0 Å². The molecule has 0 aromatic heterocycles. The molecule has 1 aromatic rings. The Morgan fingerprint density at radius 3 is 2.95 bits per heavy atom. The normalized spacial score (nSPS) is 21.1. The van der Waals surface area contributed by atoms with Gasteiger partial charge < -0.3 is 5.11 Å². The summed E-state index contributed by atoms with van der Waals surface area (Å²) in [7, 11) is 0. The van der Waals surface area contributed by atoms with E-state index in [1.54, 1.807) is 12.1 Å². The molecule has 1 aliphatic heterocycles. The van der Waals surface area contributed by atoms with Gasteiger partial charge in [-0.3, -0.25) is 9.69 Å².